The molecule has 1 aliphatic rings. The second kappa shape index (κ2) is 3.14. The van der Waals surface area contributed by atoms with Gasteiger partial charge in [0.2, 0.25) is 0 Å². The number of rotatable bonds is 1. The average molecular weight is 161 g/mol. The van der Waals surface area contributed by atoms with Crippen molar-refractivity contribution in [3.05, 3.63) is 0 Å². The van der Waals surface area contributed by atoms with Crippen LogP contribution in [0.1, 0.15) is 13.8 Å². The van der Waals surface area contributed by atoms with E-state index < -0.39 is 0 Å². The lowest BCUT2D eigenvalue weighted by molar-refractivity contribution is 0.166. The molecule has 1 heterocycles. The molecule has 0 spiro atoms. The first-order valence-electron chi connectivity index (χ1n) is 3.25. The van der Waals surface area contributed by atoms with Crippen LogP contribution in [-0.2, 0) is 4.74 Å². The lowest BCUT2D eigenvalue weighted by Gasteiger charge is -2.11. The Labute approximate surface area is 64.4 Å². The zero-order valence-corrected chi connectivity index (χ0v) is 6.89. The SMILES string of the molecule is CC(C)C1CS/C(=N/O)O1. The Bertz CT molecular complexity index is 147. The minimum atomic E-state index is 0.218. The van der Waals surface area contributed by atoms with Crippen molar-refractivity contribution >= 4 is 17.0 Å². The minimum absolute atomic E-state index is 0.218. The number of hydrogen-bond donors (Lipinski definition) is 1. The molecule has 58 valence electrons. The molecular formula is C6H11NO2S. The quantitative estimate of drug-likeness (QED) is 0.468. The molecule has 0 bridgehead atoms. The average Bonchev–Trinajstić information content (AvgIpc) is 2.34. The summed E-state index contributed by atoms with van der Waals surface area (Å²) in [6, 6.07) is 0. The van der Waals surface area contributed by atoms with E-state index in [1.807, 2.05) is 0 Å². The fraction of sp³-hybridized carbons (Fsp3) is 0.833. The van der Waals surface area contributed by atoms with Crippen molar-refractivity contribution in [3.63, 3.8) is 0 Å². The molecule has 1 saturated heterocycles. The number of hydrogen-bond acceptors (Lipinski definition) is 4. The fourth-order valence-electron chi connectivity index (χ4n) is 0.732. The van der Waals surface area contributed by atoms with Gasteiger partial charge in [-0.25, -0.2) is 0 Å². The maximum absolute atomic E-state index is 8.31. The second-order valence-corrected chi connectivity index (χ2v) is 3.55. The van der Waals surface area contributed by atoms with Crippen LogP contribution >= 0.6 is 11.8 Å². The Kier molecular flexibility index (Phi) is 2.43. The zero-order chi connectivity index (χ0) is 7.56. The summed E-state index contributed by atoms with van der Waals surface area (Å²) in [6.07, 6.45) is 0.218. The molecule has 10 heavy (non-hydrogen) atoms. The summed E-state index contributed by atoms with van der Waals surface area (Å²) in [6.45, 7) is 4.18. The Morgan fingerprint density at radius 1 is 1.80 bits per heavy atom. The first-order valence-corrected chi connectivity index (χ1v) is 4.24. The van der Waals surface area contributed by atoms with E-state index in [0.29, 0.717) is 11.1 Å². The summed E-state index contributed by atoms with van der Waals surface area (Å²) in [5.41, 5.74) is 0. The van der Waals surface area contributed by atoms with Crippen molar-refractivity contribution in [2.75, 3.05) is 5.75 Å². The molecule has 4 heteroatoms. The predicted octanol–water partition coefficient (Wildman–Crippen LogP) is 1.52. The van der Waals surface area contributed by atoms with Crippen molar-refractivity contribution in [1.29, 1.82) is 0 Å². The normalized spacial score (nSPS) is 29.5. The molecule has 0 aliphatic carbocycles. The van der Waals surface area contributed by atoms with Crippen LogP contribution in [0.4, 0.5) is 0 Å². The lowest BCUT2D eigenvalue weighted by atomic mass is 10.1. The van der Waals surface area contributed by atoms with E-state index in [9.17, 15) is 0 Å². The van der Waals surface area contributed by atoms with Gasteiger partial charge in [-0.2, -0.15) is 0 Å². The highest BCUT2D eigenvalue weighted by molar-refractivity contribution is 8.13. The van der Waals surface area contributed by atoms with E-state index in [-0.39, 0.29) is 6.10 Å². The molecule has 1 aliphatic heterocycles. The molecule has 3 nitrogen and oxygen atoms in total. The molecular weight excluding hydrogens is 150 g/mol. The van der Waals surface area contributed by atoms with E-state index in [0.717, 1.165) is 5.75 Å². The van der Waals surface area contributed by atoms with Crippen LogP contribution in [0, 0.1) is 5.92 Å². The summed E-state index contributed by atoms with van der Waals surface area (Å²) in [7, 11) is 0. The Balaban J connectivity index is 2.43. The fourth-order valence-corrected chi connectivity index (χ4v) is 1.74. The molecule has 0 aromatic heterocycles. The predicted molar refractivity (Wildman–Crippen MR) is 41.4 cm³/mol. The number of ether oxygens (including phenoxy) is 1. The minimum Gasteiger partial charge on any atom is -0.466 e. The van der Waals surface area contributed by atoms with E-state index in [1.165, 1.54) is 11.8 Å². The Hall–Kier alpha value is -0.380. The van der Waals surface area contributed by atoms with Crippen LogP contribution in [-0.4, -0.2) is 22.3 Å². The molecule has 0 aromatic carbocycles. The van der Waals surface area contributed by atoms with Crippen LogP contribution in [0.15, 0.2) is 5.16 Å². The molecule has 0 saturated carbocycles. The van der Waals surface area contributed by atoms with Gasteiger partial charge in [-0.05, 0) is 11.1 Å². The van der Waals surface area contributed by atoms with Gasteiger partial charge in [0.1, 0.15) is 6.10 Å². The van der Waals surface area contributed by atoms with Crippen molar-refractivity contribution in [3.8, 4) is 0 Å². The summed E-state index contributed by atoms with van der Waals surface area (Å²) in [4.78, 5) is 0. The second-order valence-electron chi connectivity index (χ2n) is 2.58. The topological polar surface area (TPSA) is 41.8 Å². The number of oxime groups is 1. The Morgan fingerprint density at radius 3 is 2.80 bits per heavy atom. The van der Waals surface area contributed by atoms with Crippen molar-refractivity contribution in [2.45, 2.75) is 20.0 Å². The molecule has 1 rings (SSSR count). The lowest BCUT2D eigenvalue weighted by Crippen LogP contribution is -2.17. The van der Waals surface area contributed by atoms with Crippen LogP contribution < -0.4 is 0 Å². The monoisotopic (exact) mass is 161 g/mol. The highest BCUT2D eigenvalue weighted by atomic mass is 32.2. The first kappa shape index (κ1) is 7.72. The maximum Gasteiger partial charge on any atom is 0.286 e. The van der Waals surface area contributed by atoms with Crippen LogP contribution in [0.5, 0.6) is 0 Å². The van der Waals surface area contributed by atoms with Gasteiger partial charge in [-0.1, -0.05) is 25.6 Å². The van der Waals surface area contributed by atoms with Gasteiger partial charge < -0.3 is 9.94 Å². The smallest absolute Gasteiger partial charge is 0.286 e. The van der Waals surface area contributed by atoms with E-state index in [1.54, 1.807) is 0 Å². The van der Waals surface area contributed by atoms with Gasteiger partial charge in [0.15, 0.2) is 0 Å². The third kappa shape index (κ3) is 1.56. The van der Waals surface area contributed by atoms with E-state index in [4.69, 9.17) is 9.94 Å². The molecule has 1 unspecified atom stereocenters. The third-order valence-electron chi connectivity index (χ3n) is 1.45. The highest BCUT2D eigenvalue weighted by Gasteiger charge is 2.25. The largest absolute Gasteiger partial charge is 0.466 e. The van der Waals surface area contributed by atoms with Gasteiger partial charge >= 0.3 is 0 Å². The number of nitrogens with zero attached hydrogens (tertiary/aromatic N) is 1. The van der Waals surface area contributed by atoms with Crippen LogP contribution in [0.2, 0.25) is 0 Å². The van der Waals surface area contributed by atoms with Gasteiger partial charge in [-0.15, -0.1) is 0 Å². The third-order valence-corrected chi connectivity index (χ3v) is 2.37. The number of thioether (sulfide) groups is 1. The van der Waals surface area contributed by atoms with E-state index >= 15 is 0 Å². The summed E-state index contributed by atoms with van der Waals surface area (Å²) in [5, 5.41) is 11.7. The van der Waals surface area contributed by atoms with E-state index in [2.05, 4.69) is 19.0 Å². The highest BCUT2D eigenvalue weighted by Crippen LogP contribution is 2.24. The molecule has 0 amide bonds. The van der Waals surface area contributed by atoms with Gasteiger partial charge in [0, 0.05) is 5.75 Å². The Morgan fingerprint density at radius 2 is 2.50 bits per heavy atom. The standard InChI is InChI=1S/C6H11NO2S/c1-4(2)5-3-10-6(7-8)9-5/h4-5,8H,3H2,1-2H3/b7-6+. The molecule has 0 aromatic rings. The summed E-state index contributed by atoms with van der Waals surface area (Å²) >= 11 is 1.46. The molecule has 1 fully saturated rings. The maximum atomic E-state index is 8.31. The summed E-state index contributed by atoms with van der Waals surface area (Å²) < 4.78 is 5.23. The van der Waals surface area contributed by atoms with Gasteiger partial charge in [0.25, 0.3) is 5.23 Å². The van der Waals surface area contributed by atoms with Gasteiger partial charge in [0.05, 0.1) is 0 Å². The molecule has 1 N–H and O–H groups in total. The van der Waals surface area contributed by atoms with Crippen LogP contribution in [0.25, 0.3) is 0 Å². The van der Waals surface area contributed by atoms with Crippen molar-refractivity contribution < 1.29 is 9.94 Å². The van der Waals surface area contributed by atoms with Crippen molar-refractivity contribution in [1.82, 2.24) is 0 Å². The van der Waals surface area contributed by atoms with Gasteiger partial charge in [-0.3, -0.25) is 0 Å². The first-order chi connectivity index (χ1) is 4.74. The molecule has 1 atom stereocenters. The van der Waals surface area contributed by atoms with Crippen LogP contribution in [0.3, 0.4) is 0 Å². The van der Waals surface area contributed by atoms with Crippen molar-refractivity contribution in [2.24, 2.45) is 11.1 Å². The zero-order valence-electron chi connectivity index (χ0n) is 6.07. The summed E-state index contributed by atoms with van der Waals surface area (Å²) in [5.74, 6) is 1.39. The molecule has 0 radical (unpaired) electrons.